The predicted octanol–water partition coefficient (Wildman–Crippen LogP) is -0.455. The number of H-pyrrole nitrogens is 1. The Morgan fingerprint density at radius 3 is 2.29 bits per heavy atom. The zero-order chi connectivity index (χ0) is 26.1. The number of aromatic nitrogens is 1. The number of benzene rings is 1. The summed E-state index contributed by atoms with van der Waals surface area (Å²) in [6.45, 7) is 2.78. The average molecular weight is 508 g/mol. The number of aliphatic hydroxyl groups is 1. The van der Waals surface area contributed by atoms with Crippen molar-refractivity contribution in [1.82, 2.24) is 20.9 Å². The van der Waals surface area contributed by atoms with Crippen LogP contribution in [0, 0.1) is 5.92 Å². The van der Waals surface area contributed by atoms with E-state index >= 15 is 0 Å². The number of aliphatic hydroxyl groups excluding tert-OH is 1. The van der Waals surface area contributed by atoms with E-state index in [1.165, 1.54) is 0 Å². The van der Waals surface area contributed by atoms with Gasteiger partial charge in [-0.2, -0.15) is 12.6 Å². The maximum atomic E-state index is 13.2. The Hall–Kier alpha value is -3.09. The molecule has 1 aromatic heterocycles. The van der Waals surface area contributed by atoms with Crippen LogP contribution in [0.5, 0.6) is 0 Å². The van der Waals surface area contributed by atoms with Gasteiger partial charge in [0.05, 0.1) is 12.6 Å². The average Bonchev–Trinajstić information content (AvgIpc) is 3.26. The molecular weight excluding hydrogens is 474 g/mol. The van der Waals surface area contributed by atoms with Gasteiger partial charge in [-0.15, -0.1) is 0 Å². The minimum Gasteiger partial charge on any atom is -0.480 e. The van der Waals surface area contributed by atoms with Gasteiger partial charge in [0.1, 0.15) is 18.1 Å². The molecule has 0 aliphatic rings. The number of rotatable bonds is 13. The lowest BCUT2D eigenvalue weighted by Gasteiger charge is -2.26. The molecule has 0 fully saturated rings. The van der Waals surface area contributed by atoms with Crippen molar-refractivity contribution in [2.75, 3.05) is 12.4 Å². The molecular formula is C23H33N5O6S. The van der Waals surface area contributed by atoms with Crippen LogP contribution in [0.15, 0.2) is 30.5 Å². The first kappa shape index (κ1) is 28.1. The van der Waals surface area contributed by atoms with E-state index in [9.17, 15) is 29.4 Å². The highest BCUT2D eigenvalue weighted by Gasteiger charge is 2.32. The van der Waals surface area contributed by atoms with Crippen LogP contribution >= 0.6 is 12.6 Å². The van der Waals surface area contributed by atoms with Gasteiger partial charge in [-0.25, -0.2) is 4.79 Å². The molecule has 2 rings (SSSR count). The summed E-state index contributed by atoms with van der Waals surface area (Å²) in [5.74, 6) is -3.72. The van der Waals surface area contributed by atoms with Gasteiger partial charge in [-0.1, -0.05) is 38.5 Å². The number of hydrogen-bond acceptors (Lipinski definition) is 7. The van der Waals surface area contributed by atoms with E-state index in [0.29, 0.717) is 6.42 Å². The van der Waals surface area contributed by atoms with Crippen LogP contribution in [-0.4, -0.2) is 75.4 Å². The monoisotopic (exact) mass is 507 g/mol. The molecule has 8 N–H and O–H groups in total. The van der Waals surface area contributed by atoms with Crippen molar-refractivity contribution in [3.8, 4) is 0 Å². The van der Waals surface area contributed by atoms with Gasteiger partial charge in [0.25, 0.3) is 0 Å². The van der Waals surface area contributed by atoms with Crippen LogP contribution in [0.1, 0.15) is 25.8 Å². The molecule has 2 aromatic rings. The number of nitrogens with one attached hydrogen (secondary N) is 4. The summed E-state index contributed by atoms with van der Waals surface area (Å²) in [5.41, 5.74) is 7.16. The van der Waals surface area contributed by atoms with Gasteiger partial charge in [-0.3, -0.25) is 14.4 Å². The van der Waals surface area contributed by atoms with E-state index in [1.807, 2.05) is 31.2 Å². The number of carbonyl (C=O) groups is 4. The lowest BCUT2D eigenvalue weighted by atomic mass is 9.98. The van der Waals surface area contributed by atoms with E-state index in [-0.39, 0.29) is 18.1 Å². The number of carboxylic acid groups (broad SMARTS) is 1. The fourth-order valence-corrected chi connectivity index (χ4v) is 3.66. The van der Waals surface area contributed by atoms with Gasteiger partial charge in [0, 0.05) is 29.3 Å². The fraction of sp³-hybridized carbons (Fsp3) is 0.478. The van der Waals surface area contributed by atoms with Gasteiger partial charge < -0.3 is 36.9 Å². The van der Waals surface area contributed by atoms with Crippen LogP contribution in [0.25, 0.3) is 10.9 Å². The molecule has 35 heavy (non-hydrogen) atoms. The molecule has 1 heterocycles. The SMILES string of the molecule is CCC(C)C(NC(=O)C(Cc1c[nH]c2ccccc12)NC(=O)C(CO)NC(=O)C(N)CS)C(=O)O. The number of aliphatic carboxylic acids is 1. The number of carboxylic acids is 1. The third kappa shape index (κ3) is 7.44. The lowest BCUT2D eigenvalue weighted by Crippen LogP contribution is -2.59. The summed E-state index contributed by atoms with van der Waals surface area (Å²) in [6, 6.07) is 2.70. The highest BCUT2D eigenvalue weighted by Crippen LogP contribution is 2.19. The molecule has 0 saturated carbocycles. The van der Waals surface area contributed by atoms with Gasteiger partial charge >= 0.3 is 5.97 Å². The molecule has 3 amide bonds. The Labute approximate surface area is 208 Å². The summed E-state index contributed by atoms with van der Waals surface area (Å²) >= 11 is 3.94. The normalized spacial score (nSPS) is 15.5. The Bertz CT molecular complexity index is 1040. The summed E-state index contributed by atoms with van der Waals surface area (Å²) in [4.78, 5) is 53.0. The van der Waals surface area contributed by atoms with Crippen molar-refractivity contribution in [1.29, 1.82) is 0 Å². The van der Waals surface area contributed by atoms with Crippen LogP contribution in [0.2, 0.25) is 0 Å². The van der Waals surface area contributed by atoms with Gasteiger partial charge in [0.15, 0.2) is 0 Å². The van der Waals surface area contributed by atoms with E-state index in [0.717, 1.165) is 16.5 Å². The number of aromatic amines is 1. The standard InChI is InChI=1S/C23H33N5O6S/c1-3-12(2)19(23(33)34)28-21(31)17(8-13-9-25-16-7-5-4-6-14(13)16)26-22(32)18(10-29)27-20(30)15(24)11-35/h4-7,9,12,15,17-19,25,29,35H,3,8,10-11,24H2,1-2H3,(H,26,32)(H,27,30)(H,28,31)(H,33,34). The minimum atomic E-state index is -1.36. The Kier molecular flexibility index (Phi) is 10.6. The second-order valence-electron chi connectivity index (χ2n) is 8.37. The molecule has 0 spiro atoms. The van der Waals surface area contributed by atoms with Crippen LogP contribution < -0.4 is 21.7 Å². The van der Waals surface area contributed by atoms with Crippen molar-refractivity contribution < 1.29 is 29.4 Å². The number of thiol groups is 1. The summed E-state index contributed by atoms with van der Waals surface area (Å²) in [6.07, 6.45) is 2.26. The molecule has 0 saturated heterocycles. The minimum absolute atomic E-state index is 0.0311. The maximum absolute atomic E-state index is 13.2. The largest absolute Gasteiger partial charge is 0.480 e. The number of carbonyl (C=O) groups excluding carboxylic acids is 3. The van der Waals surface area contributed by atoms with Crippen molar-refractivity contribution in [2.24, 2.45) is 11.7 Å². The first-order chi connectivity index (χ1) is 16.6. The zero-order valence-electron chi connectivity index (χ0n) is 19.7. The molecule has 11 nitrogen and oxygen atoms in total. The van der Waals surface area contributed by atoms with E-state index in [2.05, 4.69) is 33.6 Å². The van der Waals surface area contributed by atoms with Crippen LogP contribution in [0.4, 0.5) is 0 Å². The van der Waals surface area contributed by atoms with Crippen LogP contribution in [-0.2, 0) is 25.6 Å². The second-order valence-corrected chi connectivity index (χ2v) is 8.73. The molecule has 0 aliphatic carbocycles. The molecule has 0 bridgehead atoms. The van der Waals surface area contributed by atoms with E-state index in [4.69, 9.17) is 5.73 Å². The molecule has 192 valence electrons. The van der Waals surface area contributed by atoms with Crippen LogP contribution in [0.3, 0.4) is 0 Å². The Morgan fingerprint density at radius 2 is 1.69 bits per heavy atom. The molecule has 12 heteroatoms. The summed E-state index contributed by atoms with van der Waals surface area (Å²) in [7, 11) is 0. The molecule has 5 unspecified atom stereocenters. The number of amides is 3. The number of para-hydroxylation sites is 1. The molecule has 0 radical (unpaired) electrons. The van der Waals surface area contributed by atoms with Crippen molar-refractivity contribution in [2.45, 2.75) is 50.9 Å². The third-order valence-corrected chi connectivity index (χ3v) is 6.25. The van der Waals surface area contributed by atoms with E-state index in [1.54, 1.807) is 13.1 Å². The highest BCUT2D eigenvalue weighted by molar-refractivity contribution is 7.80. The van der Waals surface area contributed by atoms with E-state index < -0.39 is 54.5 Å². The van der Waals surface area contributed by atoms with Gasteiger partial charge in [-0.05, 0) is 17.5 Å². The number of hydrogen-bond donors (Lipinski definition) is 8. The third-order valence-electron chi connectivity index (χ3n) is 5.86. The lowest BCUT2D eigenvalue weighted by molar-refractivity contribution is -0.143. The molecule has 0 aliphatic heterocycles. The first-order valence-corrected chi connectivity index (χ1v) is 11.9. The Morgan fingerprint density at radius 1 is 1.06 bits per heavy atom. The van der Waals surface area contributed by atoms with Crippen molar-refractivity contribution >= 4 is 47.2 Å². The van der Waals surface area contributed by atoms with Crippen molar-refractivity contribution in [3.63, 3.8) is 0 Å². The zero-order valence-corrected chi connectivity index (χ0v) is 20.5. The molecule has 1 aromatic carbocycles. The summed E-state index contributed by atoms with van der Waals surface area (Å²) < 4.78 is 0. The number of fused-ring (bicyclic) bond motifs is 1. The molecule has 5 atom stereocenters. The van der Waals surface area contributed by atoms with Crippen molar-refractivity contribution in [3.05, 3.63) is 36.0 Å². The first-order valence-electron chi connectivity index (χ1n) is 11.3. The Balaban J connectivity index is 2.29. The second kappa shape index (κ2) is 13.1. The smallest absolute Gasteiger partial charge is 0.326 e. The summed E-state index contributed by atoms with van der Waals surface area (Å²) in [5, 5.41) is 27.5. The van der Waals surface area contributed by atoms with Gasteiger partial charge in [0.2, 0.25) is 17.7 Å². The topological polar surface area (TPSA) is 187 Å². The maximum Gasteiger partial charge on any atom is 0.326 e. The predicted molar refractivity (Wildman–Crippen MR) is 134 cm³/mol. The fourth-order valence-electron chi connectivity index (χ4n) is 3.49. The highest BCUT2D eigenvalue weighted by atomic mass is 32.1. The number of nitrogens with two attached hydrogens (primary N) is 1. The quantitative estimate of drug-likeness (QED) is 0.169.